The van der Waals surface area contributed by atoms with Crippen molar-refractivity contribution < 1.29 is 4.79 Å². The van der Waals surface area contributed by atoms with Crippen LogP contribution in [0.15, 0.2) is 36.7 Å². The highest BCUT2D eigenvalue weighted by Crippen LogP contribution is 2.25. The van der Waals surface area contributed by atoms with Crippen molar-refractivity contribution in [3.05, 3.63) is 59.3 Å². The molecular formula is C21H24N4O. The fourth-order valence-electron chi connectivity index (χ4n) is 3.77. The van der Waals surface area contributed by atoms with Crippen molar-refractivity contribution in [3.8, 4) is 0 Å². The van der Waals surface area contributed by atoms with Crippen molar-refractivity contribution in [2.45, 2.75) is 46.2 Å². The SMILES string of the molecule is CCCc1ncc2c(n1)CCN(Cc1cn(C(C)=O)c3ccccc13)C2. The molecule has 0 radical (unpaired) electrons. The van der Waals surface area contributed by atoms with Crippen LogP contribution in [-0.2, 0) is 25.9 Å². The van der Waals surface area contributed by atoms with E-state index >= 15 is 0 Å². The molecule has 0 N–H and O–H groups in total. The lowest BCUT2D eigenvalue weighted by atomic mass is 10.1. The first-order valence-corrected chi connectivity index (χ1v) is 9.31. The largest absolute Gasteiger partial charge is 0.294 e. The van der Waals surface area contributed by atoms with Crippen LogP contribution in [0.5, 0.6) is 0 Å². The van der Waals surface area contributed by atoms with Gasteiger partial charge in [0.25, 0.3) is 0 Å². The van der Waals surface area contributed by atoms with Crippen LogP contribution in [0, 0.1) is 0 Å². The number of fused-ring (bicyclic) bond motifs is 2. The number of aromatic nitrogens is 3. The van der Waals surface area contributed by atoms with Crippen LogP contribution in [-0.4, -0.2) is 31.9 Å². The third kappa shape index (κ3) is 3.15. The Morgan fingerprint density at radius 1 is 1.27 bits per heavy atom. The maximum atomic E-state index is 11.9. The molecule has 0 bridgehead atoms. The summed E-state index contributed by atoms with van der Waals surface area (Å²) in [5.74, 6) is 1.01. The Morgan fingerprint density at radius 2 is 2.12 bits per heavy atom. The molecule has 0 atom stereocenters. The molecule has 3 aromatic rings. The lowest BCUT2D eigenvalue weighted by Crippen LogP contribution is -2.31. The van der Waals surface area contributed by atoms with Crippen LogP contribution >= 0.6 is 0 Å². The first-order valence-electron chi connectivity index (χ1n) is 9.31. The van der Waals surface area contributed by atoms with E-state index in [0.29, 0.717) is 0 Å². The van der Waals surface area contributed by atoms with Gasteiger partial charge < -0.3 is 0 Å². The maximum absolute atomic E-state index is 11.9. The van der Waals surface area contributed by atoms with Gasteiger partial charge in [0, 0.05) is 68.4 Å². The molecule has 0 amide bonds. The summed E-state index contributed by atoms with van der Waals surface area (Å²) in [4.78, 5) is 23.6. The number of carbonyl (C=O) groups excluding carboxylic acids is 1. The molecule has 4 rings (SSSR count). The molecule has 1 aliphatic heterocycles. The van der Waals surface area contributed by atoms with Gasteiger partial charge in [-0.2, -0.15) is 0 Å². The van der Waals surface area contributed by atoms with Gasteiger partial charge in [0.15, 0.2) is 0 Å². The van der Waals surface area contributed by atoms with Crippen LogP contribution in [0.3, 0.4) is 0 Å². The monoisotopic (exact) mass is 348 g/mol. The van der Waals surface area contributed by atoms with Gasteiger partial charge in [0.05, 0.1) is 5.52 Å². The van der Waals surface area contributed by atoms with Crippen LogP contribution in [0.2, 0.25) is 0 Å². The van der Waals surface area contributed by atoms with E-state index in [1.54, 1.807) is 11.5 Å². The minimum absolute atomic E-state index is 0.0493. The molecule has 1 aromatic carbocycles. The predicted molar refractivity (Wildman–Crippen MR) is 102 cm³/mol. The number of hydrogen-bond donors (Lipinski definition) is 0. The lowest BCUT2D eigenvalue weighted by Gasteiger charge is -2.27. The summed E-state index contributed by atoms with van der Waals surface area (Å²) < 4.78 is 1.75. The second kappa shape index (κ2) is 7.00. The Kier molecular flexibility index (Phi) is 4.55. The van der Waals surface area contributed by atoms with Gasteiger partial charge in [-0.1, -0.05) is 25.1 Å². The van der Waals surface area contributed by atoms with Crippen LogP contribution < -0.4 is 0 Å². The highest BCUT2D eigenvalue weighted by atomic mass is 16.1. The summed E-state index contributed by atoms with van der Waals surface area (Å²) in [6.45, 7) is 6.44. The summed E-state index contributed by atoms with van der Waals surface area (Å²) in [6, 6.07) is 8.12. The van der Waals surface area contributed by atoms with E-state index in [2.05, 4.69) is 22.9 Å². The predicted octanol–water partition coefficient (Wildman–Crippen LogP) is 3.60. The Bertz CT molecular complexity index is 960. The molecule has 134 valence electrons. The van der Waals surface area contributed by atoms with Crippen LogP contribution in [0.25, 0.3) is 10.9 Å². The van der Waals surface area contributed by atoms with Crippen molar-refractivity contribution in [1.82, 2.24) is 19.4 Å². The second-order valence-electron chi connectivity index (χ2n) is 7.03. The molecule has 2 aromatic heterocycles. The summed E-state index contributed by atoms with van der Waals surface area (Å²) in [5, 5.41) is 1.16. The minimum Gasteiger partial charge on any atom is -0.294 e. The number of nitrogens with zero attached hydrogens (tertiary/aromatic N) is 4. The molecule has 0 fully saturated rings. The summed E-state index contributed by atoms with van der Waals surface area (Å²) >= 11 is 0. The van der Waals surface area contributed by atoms with E-state index in [-0.39, 0.29) is 5.91 Å². The van der Waals surface area contributed by atoms with Crippen molar-refractivity contribution in [2.24, 2.45) is 0 Å². The zero-order chi connectivity index (χ0) is 18.1. The number of para-hydroxylation sites is 1. The lowest BCUT2D eigenvalue weighted by molar-refractivity contribution is 0.0941. The molecule has 5 heteroatoms. The third-order valence-corrected chi connectivity index (χ3v) is 5.06. The summed E-state index contributed by atoms with van der Waals surface area (Å²) in [7, 11) is 0. The molecule has 0 saturated carbocycles. The van der Waals surface area contributed by atoms with E-state index in [1.807, 2.05) is 30.6 Å². The van der Waals surface area contributed by atoms with Crippen LogP contribution in [0.1, 0.15) is 47.7 Å². The fraction of sp³-hybridized carbons (Fsp3) is 0.381. The van der Waals surface area contributed by atoms with Gasteiger partial charge in [0.1, 0.15) is 5.82 Å². The average molecular weight is 348 g/mol. The topological polar surface area (TPSA) is 51.0 Å². The Labute approximate surface area is 153 Å². The number of benzene rings is 1. The van der Waals surface area contributed by atoms with Crippen molar-refractivity contribution in [3.63, 3.8) is 0 Å². The third-order valence-electron chi connectivity index (χ3n) is 5.06. The van der Waals surface area contributed by atoms with Crippen molar-refractivity contribution >= 4 is 16.8 Å². The quantitative estimate of drug-likeness (QED) is 0.723. The van der Waals surface area contributed by atoms with Crippen LogP contribution in [0.4, 0.5) is 0 Å². The number of carbonyl (C=O) groups is 1. The molecule has 5 nitrogen and oxygen atoms in total. The van der Waals surface area contributed by atoms with Gasteiger partial charge in [-0.05, 0) is 18.1 Å². The molecule has 26 heavy (non-hydrogen) atoms. The van der Waals surface area contributed by atoms with Crippen molar-refractivity contribution in [1.29, 1.82) is 0 Å². The van der Waals surface area contributed by atoms with E-state index < -0.39 is 0 Å². The highest BCUT2D eigenvalue weighted by Gasteiger charge is 2.20. The molecule has 0 aliphatic carbocycles. The van der Waals surface area contributed by atoms with Gasteiger partial charge in [-0.3, -0.25) is 14.3 Å². The van der Waals surface area contributed by atoms with Gasteiger partial charge in [-0.25, -0.2) is 9.97 Å². The fourth-order valence-corrected chi connectivity index (χ4v) is 3.77. The molecule has 3 heterocycles. The highest BCUT2D eigenvalue weighted by molar-refractivity contribution is 5.93. The molecular weight excluding hydrogens is 324 g/mol. The van der Waals surface area contributed by atoms with Gasteiger partial charge in [-0.15, -0.1) is 0 Å². The Hall–Kier alpha value is -2.53. The van der Waals surface area contributed by atoms with E-state index in [9.17, 15) is 4.79 Å². The van der Waals surface area contributed by atoms with E-state index in [0.717, 1.165) is 55.6 Å². The van der Waals surface area contributed by atoms with Gasteiger partial charge >= 0.3 is 0 Å². The summed E-state index contributed by atoms with van der Waals surface area (Å²) in [5.41, 5.74) is 4.61. The maximum Gasteiger partial charge on any atom is 0.227 e. The first kappa shape index (κ1) is 16.9. The smallest absolute Gasteiger partial charge is 0.227 e. The first-order chi connectivity index (χ1) is 12.7. The van der Waals surface area contributed by atoms with E-state index in [4.69, 9.17) is 4.98 Å². The number of aryl methyl sites for hydroxylation is 1. The Morgan fingerprint density at radius 3 is 2.92 bits per heavy atom. The molecule has 1 aliphatic rings. The standard InChI is InChI=1S/C21H24N4O/c1-3-6-21-22-11-16-12-24(10-9-19(16)23-21)13-17-14-25(15(2)26)20-8-5-4-7-18(17)20/h4-5,7-8,11,14H,3,6,9-10,12-13H2,1-2H3. The average Bonchev–Trinajstić information content (AvgIpc) is 3.01. The number of hydrogen-bond acceptors (Lipinski definition) is 4. The molecule has 0 spiro atoms. The zero-order valence-corrected chi connectivity index (χ0v) is 15.4. The van der Waals surface area contributed by atoms with Crippen molar-refractivity contribution in [2.75, 3.05) is 6.54 Å². The van der Waals surface area contributed by atoms with E-state index in [1.165, 1.54) is 16.8 Å². The normalized spacial score (nSPS) is 14.5. The number of rotatable bonds is 4. The second-order valence-corrected chi connectivity index (χ2v) is 7.03. The summed E-state index contributed by atoms with van der Waals surface area (Å²) in [6.07, 6.45) is 6.97. The Balaban J connectivity index is 1.57. The zero-order valence-electron chi connectivity index (χ0n) is 15.4. The van der Waals surface area contributed by atoms with Gasteiger partial charge in [0.2, 0.25) is 5.91 Å². The molecule has 0 saturated heterocycles. The molecule has 0 unspecified atom stereocenters. The minimum atomic E-state index is 0.0493.